The molecule has 0 spiro atoms. The van der Waals surface area contributed by atoms with Crippen molar-refractivity contribution in [3.05, 3.63) is 29.5 Å². The zero-order chi connectivity index (χ0) is 15.7. The summed E-state index contributed by atoms with van der Waals surface area (Å²) >= 11 is 7.24. The van der Waals surface area contributed by atoms with Gasteiger partial charge in [0.2, 0.25) is 11.2 Å². The lowest BCUT2D eigenvalue weighted by Gasteiger charge is -2.17. The molecule has 0 N–H and O–H groups in total. The van der Waals surface area contributed by atoms with Crippen molar-refractivity contribution < 1.29 is 9.59 Å². The molecule has 22 heavy (non-hydrogen) atoms. The third-order valence-electron chi connectivity index (χ3n) is 3.54. The van der Waals surface area contributed by atoms with Crippen LogP contribution in [-0.4, -0.2) is 33.3 Å². The van der Waals surface area contributed by atoms with Gasteiger partial charge in [-0.1, -0.05) is 23.9 Å². The van der Waals surface area contributed by atoms with Crippen LogP contribution in [0.25, 0.3) is 10.9 Å². The summed E-state index contributed by atoms with van der Waals surface area (Å²) in [6.07, 6.45) is 0.427. The van der Waals surface area contributed by atoms with Crippen LogP contribution in [0, 0.1) is 5.92 Å². The van der Waals surface area contributed by atoms with E-state index in [0.29, 0.717) is 30.1 Å². The van der Waals surface area contributed by atoms with Crippen LogP contribution in [-0.2, 0) is 9.59 Å². The second kappa shape index (κ2) is 6.22. The first kappa shape index (κ1) is 15.2. The molecule has 1 aromatic carbocycles. The summed E-state index contributed by atoms with van der Waals surface area (Å²) in [7, 11) is 0. The number of anilines is 1. The second-order valence-corrected chi connectivity index (χ2v) is 6.75. The quantitative estimate of drug-likeness (QED) is 0.807. The topological polar surface area (TPSA) is 63.2 Å². The van der Waals surface area contributed by atoms with Crippen molar-refractivity contribution in [3.63, 3.8) is 0 Å². The average molecular weight is 336 g/mol. The number of hydrogen-bond acceptors (Lipinski definition) is 5. The molecule has 5 nitrogen and oxygen atoms in total. The Morgan fingerprint density at radius 3 is 2.95 bits per heavy atom. The summed E-state index contributed by atoms with van der Waals surface area (Å²) in [5.41, 5.74) is 0.715. The van der Waals surface area contributed by atoms with E-state index in [4.69, 9.17) is 11.6 Å². The number of para-hydroxylation sites is 1. The molecule has 1 saturated heterocycles. The number of aromatic nitrogens is 2. The van der Waals surface area contributed by atoms with Crippen molar-refractivity contribution in [1.82, 2.24) is 9.97 Å². The summed E-state index contributed by atoms with van der Waals surface area (Å²) in [6.45, 7) is 2.09. The van der Waals surface area contributed by atoms with Gasteiger partial charge in [-0.2, -0.15) is 4.98 Å². The highest BCUT2D eigenvalue weighted by Crippen LogP contribution is 2.31. The van der Waals surface area contributed by atoms with Gasteiger partial charge >= 0.3 is 0 Å². The molecule has 1 aliphatic heterocycles. The summed E-state index contributed by atoms with van der Waals surface area (Å²) in [5.74, 6) is 1.35. The van der Waals surface area contributed by atoms with Crippen LogP contribution in [0.15, 0.2) is 24.3 Å². The van der Waals surface area contributed by atoms with E-state index in [1.54, 1.807) is 4.90 Å². The van der Waals surface area contributed by atoms with Crippen LogP contribution in [0.4, 0.5) is 5.82 Å². The SMILES string of the molecule is CC(=O)SCC1CC(=O)N(c2nc(Cl)nc3ccccc23)C1. The molecule has 1 fully saturated rings. The number of carbonyl (C=O) groups is 2. The van der Waals surface area contributed by atoms with E-state index < -0.39 is 0 Å². The van der Waals surface area contributed by atoms with Gasteiger partial charge in [0, 0.05) is 31.0 Å². The first-order valence-corrected chi connectivity index (χ1v) is 8.27. The molecule has 0 radical (unpaired) electrons. The molecule has 1 unspecified atom stereocenters. The van der Waals surface area contributed by atoms with Gasteiger partial charge in [0.05, 0.1) is 5.52 Å². The van der Waals surface area contributed by atoms with Crippen LogP contribution in [0.1, 0.15) is 13.3 Å². The van der Waals surface area contributed by atoms with Crippen LogP contribution >= 0.6 is 23.4 Å². The minimum atomic E-state index is 0.00840. The summed E-state index contributed by atoms with van der Waals surface area (Å²) in [4.78, 5) is 33.5. The highest BCUT2D eigenvalue weighted by molar-refractivity contribution is 8.13. The van der Waals surface area contributed by atoms with Gasteiger partial charge in [0.15, 0.2) is 5.12 Å². The normalized spacial score (nSPS) is 18.2. The van der Waals surface area contributed by atoms with Crippen LogP contribution in [0.3, 0.4) is 0 Å². The number of amides is 1. The third kappa shape index (κ3) is 3.08. The molecule has 0 saturated carbocycles. The monoisotopic (exact) mass is 335 g/mol. The zero-order valence-electron chi connectivity index (χ0n) is 12.0. The van der Waals surface area contributed by atoms with E-state index in [-0.39, 0.29) is 22.2 Å². The molecule has 1 aromatic heterocycles. The smallest absolute Gasteiger partial charge is 0.228 e. The maximum Gasteiger partial charge on any atom is 0.228 e. The first-order valence-electron chi connectivity index (χ1n) is 6.90. The Morgan fingerprint density at radius 2 is 2.18 bits per heavy atom. The third-order valence-corrected chi connectivity index (χ3v) is 4.75. The highest BCUT2D eigenvalue weighted by atomic mass is 35.5. The average Bonchev–Trinajstić information content (AvgIpc) is 2.85. The number of hydrogen-bond donors (Lipinski definition) is 0. The maximum atomic E-state index is 12.3. The fourth-order valence-electron chi connectivity index (χ4n) is 2.57. The van der Waals surface area contributed by atoms with E-state index >= 15 is 0 Å². The van der Waals surface area contributed by atoms with Crippen molar-refractivity contribution in [2.45, 2.75) is 13.3 Å². The lowest BCUT2D eigenvalue weighted by atomic mass is 10.1. The Balaban J connectivity index is 1.91. The number of thioether (sulfide) groups is 1. The second-order valence-electron chi connectivity index (χ2n) is 5.21. The molecular formula is C15H14ClN3O2S. The molecule has 2 heterocycles. The Hall–Kier alpha value is -1.66. The Kier molecular flexibility index (Phi) is 4.31. The molecule has 1 atom stereocenters. The zero-order valence-corrected chi connectivity index (χ0v) is 13.5. The summed E-state index contributed by atoms with van der Waals surface area (Å²) in [6, 6.07) is 7.47. The van der Waals surface area contributed by atoms with Gasteiger partial charge in [0.25, 0.3) is 0 Å². The number of carbonyl (C=O) groups excluding carboxylic acids is 2. The number of fused-ring (bicyclic) bond motifs is 1. The van der Waals surface area contributed by atoms with Gasteiger partial charge in [-0.05, 0) is 29.7 Å². The molecule has 3 rings (SSSR count). The van der Waals surface area contributed by atoms with Crippen molar-refractivity contribution in [3.8, 4) is 0 Å². The van der Waals surface area contributed by atoms with Crippen molar-refractivity contribution in [1.29, 1.82) is 0 Å². The van der Waals surface area contributed by atoms with Gasteiger partial charge < -0.3 is 0 Å². The van der Waals surface area contributed by atoms with E-state index in [2.05, 4.69) is 9.97 Å². The van der Waals surface area contributed by atoms with Crippen molar-refractivity contribution >= 4 is 51.1 Å². The van der Waals surface area contributed by atoms with Gasteiger partial charge in [-0.15, -0.1) is 0 Å². The van der Waals surface area contributed by atoms with Gasteiger partial charge in [-0.25, -0.2) is 4.98 Å². The van der Waals surface area contributed by atoms with Crippen molar-refractivity contribution in [2.24, 2.45) is 5.92 Å². The minimum absolute atomic E-state index is 0.00840. The predicted octanol–water partition coefficient (Wildman–Crippen LogP) is 2.92. The largest absolute Gasteiger partial charge is 0.296 e. The van der Waals surface area contributed by atoms with E-state index in [9.17, 15) is 9.59 Å². The molecule has 0 bridgehead atoms. The number of benzene rings is 1. The van der Waals surface area contributed by atoms with Gasteiger partial charge in [0.1, 0.15) is 5.82 Å². The summed E-state index contributed by atoms with van der Waals surface area (Å²) < 4.78 is 0. The fraction of sp³-hybridized carbons (Fsp3) is 0.333. The Labute approximate surface area is 137 Å². The number of halogens is 1. The number of nitrogens with zero attached hydrogens (tertiary/aromatic N) is 3. The molecule has 1 amide bonds. The van der Waals surface area contributed by atoms with Gasteiger partial charge in [-0.3, -0.25) is 14.5 Å². The van der Waals surface area contributed by atoms with Crippen LogP contribution < -0.4 is 4.90 Å². The molecule has 7 heteroatoms. The van der Waals surface area contributed by atoms with E-state index in [1.807, 2.05) is 24.3 Å². The molecule has 1 aliphatic rings. The minimum Gasteiger partial charge on any atom is -0.296 e. The summed E-state index contributed by atoms with van der Waals surface area (Å²) in [5, 5.41) is 1.00. The Bertz CT molecular complexity index is 753. The number of rotatable bonds is 3. The maximum absolute atomic E-state index is 12.3. The van der Waals surface area contributed by atoms with Crippen LogP contribution in [0.5, 0.6) is 0 Å². The highest BCUT2D eigenvalue weighted by Gasteiger charge is 2.32. The van der Waals surface area contributed by atoms with Crippen molar-refractivity contribution in [2.75, 3.05) is 17.2 Å². The molecule has 114 valence electrons. The molecule has 2 aromatic rings. The first-order chi connectivity index (χ1) is 10.5. The lowest BCUT2D eigenvalue weighted by molar-refractivity contribution is -0.117. The Morgan fingerprint density at radius 1 is 1.41 bits per heavy atom. The van der Waals surface area contributed by atoms with Crippen LogP contribution in [0.2, 0.25) is 5.28 Å². The fourth-order valence-corrected chi connectivity index (χ4v) is 3.44. The molecular weight excluding hydrogens is 322 g/mol. The molecule has 0 aliphatic carbocycles. The van der Waals surface area contributed by atoms with E-state index in [1.165, 1.54) is 18.7 Å². The lowest BCUT2D eigenvalue weighted by Crippen LogP contribution is -2.26. The standard InChI is InChI=1S/C15H14ClN3O2S/c1-9(20)22-8-10-6-13(21)19(7-10)14-11-4-2-3-5-12(11)17-15(16)18-14/h2-5,10H,6-8H2,1H3. The van der Waals surface area contributed by atoms with E-state index in [0.717, 1.165) is 5.39 Å². The predicted molar refractivity (Wildman–Crippen MR) is 88.1 cm³/mol.